The highest BCUT2D eigenvalue weighted by molar-refractivity contribution is 5.87. The number of hydrogen-bond donors (Lipinski definition) is 2. The van der Waals surface area contributed by atoms with Crippen molar-refractivity contribution in [1.82, 2.24) is 10.2 Å². The van der Waals surface area contributed by atoms with Crippen LogP contribution in [0.2, 0.25) is 0 Å². The second kappa shape index (κ2) is 6.63. The lowest BCUT2D eigenvalue weighted by molar-refractivity contribution is -0.128. The van der Waals surface area contributed by atoms with Crippen LogP contribution in [0, 0.1) is 5.92 Å². The summed E-state index contributed by atoms with van der Waals surface area (Å²) in [5.74, 6) is -0.309. The molecule has 6 nitrogen and oxygen atoms in total. The molecule has 1 aliphatic heterocycles. The van der Waals surface area contributed by atoms with Gasteiger partial charge >= 0.3 is 5.97 Å². The minimum absolute atomic E-state index is 0.0687. The molecule has 0 unspecified atom stereocenters. The van der Waals surface area contributed by atoms with Gasteiger partial charge in [-0.1, -0.05) is 19.1 Å². The Morgan fingerprint density at radius 3 is 2.54 bits per heavy atom. The predicted octanol–water partition coefficient (Wildman–Crippen LogP) is 1.44. The Morgan fingerprint density at radius 2 is 1.96 bits per heavy atom. The van der Waals surface area contributed by atoms with E-state index in [2.05, 4.69) is 12.2 Å². The summed E-state index contributed by atoms with van der Waals surface area (Å²) in [6, 6.07) is 6.82. The van der Waals surface area contributed by atoms with Crippen molar-refractivity contribution in [3.8, 4) is 0 Å². The van der Waals surface area contributed by atoms with Crippen LogP contribution in [-0.4, -0.2) is 46.4 Å². The van der Waals surface area contributed by atoms with Crippen molar-refractivity contribution < 1.29 is 19.5 Å². The van der Waals surface area contributed by atoms with Crippen molar-refractivity contribution in [2.24, 2.45) is 5.92 Å². The number of nitrogens with zero attached hydrogens (tertiary/aromatic N) is 1. The summed E-state index contributed by atoms with van der Waals surface area (Å²) in [5, 5.41) is 11.8. The van der Waals surface area contributed by atoms with Gasteiger partial charge in [0.2, 0.25) is 11.8 Å². The van der Waals surface area contributed by atoms with Gasteiger partial charge in [-0.2, -0.15) is 0 Å². The fraction of sp³-hybridized carbons (Fsp3) is 0.500. The minimum Gasteiger partial charge on any atom is -0.478 e. The zero-order chi connectivity index (χ0) is 17.3. The van der Waals surface area contributed by atoms with Gasteiger partial charge in [0.25, 0.3) is 0 Å². The molecule has 1 aromatic carbocycles. The first-order valence-corrected chi connectivity index (χ1v) is 8.35. The molecule has 1 saturated heterocycles. The normalized spacial score (nSPS) is 25.6. The Balaban J connectivity index is 1.44. The van der Waals surface area contributed by atoms with Crippen molar-refractivity contribution in [3.63, 3.8) is 0 Å². The van der Waals surface area contributed by atoms with Crippen LogP contribution >= 0.6 is 0 Å². The maximum atomic E-state index is 12.1. The first kappa shape index (κ1) is 16.5. The van der Waals surface area contributed by atoms with Crippen LogP contribution in [0.3, 0.4) is 0 Å². The Kier molecular flexibility index (Phi) is 4.55. The minimum atomic E-state index is -0.959. The summed E-state index contributed by atoms with van der Waals surface area (Å²) in [4.78, 5) is 36.8. The molecule has 0 aromatic heterocycles. The molecule has 128 valence electrons. The number of nitrogens with one attached hydrogen (secondary N) is 1. The van der Waals surface area contributed by atoms with E-state index in [4.69, 9.17) is 5.11 Å². The van der Waals surface area contributed by atoms with Crippen molar-refractivity contribution in [1.29, 1.82) is 0 Å². The fourth-order valence-electron chi connectivity index (χ4n) is 3.26. The monoisotopic (exact) mass is 330 g/mol. The van der Waals surface area contributed by atoms with E-state index in [0.717, 1.165) is 12.0 Å². The Bertz CT molecular complexity index is 655. The van der Waals surface area contributed by atoms with Gasteiger partial charge in [0.05, 0.1) is 11.6 Å². The lowest BCUT2D eigenvalue weighted by atomic mass is 10.1. The van der Waals surface area contributed by atoms with Gasteiger partial charge in [0.15, 0.2) is 0 Å². The average molecular weight is 330 g/mol. The average Bonchev–Trinajstić information content (AvgIpc) is 3.15. The van der Waals surface area contributed by atoms with E-state index in [1.54, 1.807) is 24.3 Å². The number of hydrogen-bond acceptors (Lipinski definition) is 3. The Hall–Kier alpha value is -2.37. The molecule has 3 atom stereocenters. The summed E-state index contributed by atoms with van der Waals surface area (Å²) >= 11 is 0. The lowest BCUT2D eigenvalue weighted by Crippen LogP contribution is -2.37. The maximum absolute atomic E-state index is 12.1. The number of aryl methyl sites for hydroxylation is 1. The third-order valence-corrected chi connectivity index (χ3v) is 4.83. The zero-order valence-corrected chi connectivity index (χ0v) is 13.7. The fourth-order valence-corrected chi connectivity index (χ4v) is 3.26. The molecule has 2 N–H and O–H groups in total. The molecular formula is C18H22N2O4. The summed E-state index contributed by atoms with van der Waals surface area (Å²) in [5.41, 5.74) is 1.16. The molecule has 1 heterocycles. The molecule has 2 aliphatic rings. The van der Waals surface area contributed by atoms with E-state index in [0.29, 0.717) is 37.8 Å². The van der Waals surface area contributed by atoms with E-state index in [1.165, 1.54) is 0 Å². The molecule has 0 radical (unpaired) electrons. The van der Waals surface area contributed by atoms with Gasteiger partial charge in [-0.05, 0) is 36.5 Å². The van der Waals surface area contributed by atoms with Crippen molar-refractivity contribution in [3.05, 3.63) is 35.4 Å². The second-order valence-electron chi connectivity index (χ2n) is 6.80. The van der Waals surface area contributed by atoms with E-state index in [-0.39, 0.29) is 23.4 Å². The third-order valence-electron chi connectivity index (χ3n) is 4.83. The molecule has 6 heteroatoms. The van der Waals surface area contributed by atoms with Gasteiger partial charge in [-0.3, -0.25) is 9.59 Å². The number of benzene rings is 1. The standard InChI is InChI=1S/C18H22N2O4/c1-11-8-15(11)20-10-14(9-17(20)22)19-16(21)7-4-12-2-5-13(6-3-12)18(23)24/h2-3,5-6,11,14-15H,4,7-10H2,1H3,(H,19,21)(H,23,24)/t11-,14+,15-/m1/s1. The Labute approximate surface area is 140 Å². The molecule has 0 bridgehead atoms. The van der Waals surface area contributed by atoms with Crippen molar-refractivity contribution >= 4 is 17.8 Å². The summed E-state index contributed by atoms with van der Waals surface area (Å²) in [7, 11) is 0. The molecular weight excluding hydrogens is 308 g/mol. The molecule has 1 aliphatic carbocycles. The van der Waals surface area contributed by atoms with E-state index in [9.17, 15) is 14.4 Å². The van der Waals surface area contributed by atoms with Crippen LogP contribution < -0.4 is 5.32 Å². The summed E-state index contributed by atoms with van der Waals surface area (Å²) in [6.45, 7) is 2.76. The largest absolute Gasteiger partial charge is 0.478 e. The number of carboxylic acid groups (broad SMARTS) is 1. The van der Waals surface area contributed by atoms with Crippen LogP contribution in [0.1, 0.15) is 42.1 Å². The molecule has 1 saturated carbocycles. The van der Waals surface area contributed by atoms with Gasteiger partial charge in [0, 0.05) is 25.4 Å². The van der Waals surface area contributed by atoms with Crippen molar-refractivity contribution in [2.45, 2.75) is 44.7 Å². The smallest absolute Gasteiger partial charge is 0.335 e. The molecule has 2 fully saturated rings. The number of rotatable bonds is 6. The van der Waals surface area contributed by atoms with Crippen LogP contribution in [-0.2, 0) is 16.0 Å². The van der Waals surface area contributed by atoms with Crippen molar-refractivity contribution in [2.75, 3.05) is 6.54 Å². The number of carbonyl (C=O) groups excluding carboxylic acids is 2. The van der Waals surface area contributed by atoms with E-state index < -0.39 is 5.97 Å². The quantitative estimate of drug-likeness (QED) is 0.826. The highest BCUT2D eigenvalue weighted by Gasteiger charge is 2.44. The van der Waals surface area contributed by atoms with Crippen LogP contribution in [0.15, 0.2) is 24.3 Å². The van der Waals surface area contributed by atoms with Crippen LogP contribution in [0.4, 0.5) is 0 Å². The first-order chi connectivity index (χ1) is 11.4. The number of likely N-dealkylation sites (tertiary alicyclic amines) is 1. The van der Waals surface area contributed by atoms with Gasteiger partial charge in [-0.25, -0.2) is 4.79 Å². The third kappa shape index (κ3) is 3.75. The lowest BCUT2D eigenvalue weighted by Gasteiger charge is -2.17. The first-order valence-electron chi connectivity index (χ1n) is 8.35. The molecule has 0 spiro atoms. The molecule has 3 rings (SSSR count). The molecule has 1 aromatic rings. The van der Waals surface area contributed by atoms with Gasteiger partial charge < -0.3 is 15.3 Å². The number of carboxylic acids is 1. The van der Waals surface area contributed by atoms with Gasteiger partial charge in [-0.15, -0.1) is 0 Å². The van der Waals surface area contributed by atoms with Crippen LogP contribution in [0.5, 0.6) is 0 Å². The van der Waals surface area contributed by atoms with E-state index in [1.807, 2.05) is 4.90 Å². The highest BCUT2D eigenvalue weighted by Crippen LogP contribution is 2.37. The molecule has 24 heavy (non-hydrogen) atoms. The summed E-state index contributed by atoms with van der Waals surface area (Å²) in [6.07, 6.45) is 2.34. The van der Waals surface area contributed by atoms with Gasteiger partial charge in [0.1, 0.15) is 0 Å². The molecule has 2 amide bonds. The SMILES string of the molecule is C[C@@H]1C[C@H]1N1C[C@@H](NC(=O)CCc2ccc(C(=O)O)cc2)CC1=O. The topological polar surface area (TPSA) is 86.7 Å². The van der Waals surface area contributed by atoms with Crippen LogP contribution in [0.25, 0.3) is 0 Å². The van der Waals surface area contributed by atoms with E-state index >= 15 is 0 Å². The highest BCUT2D eigenvalue weighted by atomic mass is 16.4. The predicted molar refractivity (Wildman–Crippen MR) is 87.6 cm³/mol. The Morgan fingerprint density at radius 1 is 1.29 bits per heavy atom. The second-order valence-corrected chi connectivity index (χ2v) is 6.80. The zero-order valence-electron chi connectivity index (χ0n) is 13.7. The number of aromatic carboxylic acids is 1. The number of amides is 2. The summed E-state index contributed by atoms with van der Waals surface area (Å²) < 4.78 is 0. The number of carbonyl (C=O) groups is 3. The maximum Gasteiger partial charge on any atom is 0.335 e.